The first kappa shape index (κ1) is 15.3. The third kappa shape index (κ3) is 4.48. The first-order valence-electron chi connectivity index (χ1n) is 5.73. The number of hydrogen-bond donors (Lipinski definition) is 3. The fourth-order valence-electron chi connectivity index (χ4n) is 1.65. The molecule has 0 bridgehead atoms. The van der Waals surface area contributed by atoms with E-state index in [0.717, 1.165) is 10.2 Å². The normalized spacial score (nSPS) is 11.3. The largest absolute Gasteiger partial charge is 0.380 e. The third-order valence-electron chi connectivity index (χ3n) is 2.50. The van der Waals surface area contributed by atoms with Gasteiger partial charge in [0.05, 0.1) is 5.69 Å². The van der Waals surface area contributed by atoms with Crippen LogP contribution in [0.15, 0.2) is 34.8 Å². The molecule has 0 atom stereocenters. The molecule has 0 aliphatic heterocycles. The van der Waals surface area contributed by atoms with E-state index in [0.29, 0.717) is 12.2 Å². The molecule has 8 heteroatoms. The molecule has 0 unspecified atom stereocenters. The fourth-order valence-corrected chi connectivity index (χ4v) is 3.65. The van der Waals surface area contributed by atoms with Gasteiger partial charge < -0.3 is 5.32 Å². The lowest BCUT2D eigenvalue weighted by Gasteiger charge is -2.08. The van der Waals surface area contributed by atoms with E-state index in [1.165, 1.54) is 9.75 Å². The summed E-state index contributed by atoms with van der Waals surface area (Å²) < 4.78 is 25.3. The molecule has 1 heterocycles. The molecule has 0 spiro atoms. The smallest absolute Gasteiger partial charge is 0.296 e. The van der Waals surface area contributed by atoms with E-state index in [9.17, 15) is 8.42 Å². The number of benzene rings is 1. The highest BCUT2D eigenvalue weighted by molar-refractivity contribution is 9.10. The van der Waals surface area contributed by atoms with E-state index in [-0.39, 0.29) is 0 Å². The Morgan fingerprint density at radius 2 is 2.00 bits per heavy atom. The van der Waals surface area contributed by atoms with Gasteiger partial charge in [-0.25, -0.2) is 5.14 Å². The van der Waals surface area contributed by atoms with Crippen molar-refractivity contribution in [2.45, 2.75) is 13.5 Å². The van der Waals surface area contributed by atoms with Gasteiger partial charge >= 0.3 is 0 Å². The van der Waals surface area contributed by atoms with E-state index in [1.54, 1.807) is 29.5 Å². The number of halogens is 1. The maximum Gasteiger partial charge on any atom is 0.296 e. The molecule has 5 nitrogen and oxygen atoms in total. The molecule has 1 aromatic heterocycles. The molecule has 4 N–H and O–H groups in total. The van der Waals surface area contributed by atoms with Crippen LogP contribution in [-0.2, 0) is 16.8 Å². The Bertz CT molecular complexity index is 694. The third-order valence-corrected chi connectivity index (χ3v) is 5.15. The number of rotatable bonds is 5. The summed E-state index contributed by atoms with van der Waals surface area (Å²) in [7, 11) is -3.75. The van der Waals surface area contributed by atoms with Crippen LogP contribution in [0.3, 0.4) is 0 Å². The van der Waals surface area contributed by atoms with E-state index >= 15 is 0 Å². The predicted octanol–water partition coefficient (Wildman–Crippen LogP) is 3.05. The second kappa shape index (κ2) is 6.13. The lowest BCUT2D eigenvalue weighted by Crippen LogP contribution is -2.21. The summed E-state index contributed by atoms with van der Waals surface area (Å²) in [5, 5.41) is 8.18. The molecule has 20 heavy (non-hydrogen) atoms. The lowest BCUT2D eigenvalue weighted by molar-refractivity contribution is 0.603. The molecular formula is C12H14BrN3O2S2. The van der Waals surface area contributed by atoms with Crippen molar-refractivity contribution in [2.75, 3.05) is 10.0 Å². The van der Waals surface area contributed by atoms with Gasteiger partial charge in [-0.05, 0) is 47.1 Å². The van der Waals surface area contributed by atoms with E-state index in [4.69, 9.17) is 5.14 Å². The summed E-state index contributed by atoms with van der Waals surface area (Å²) in [6.45, 7) is 2.73. The minimum absolute atomic E-state index is 0.432. The van der Waals surface area contributed by atoms with Crippen LogP contribution in [0.2, 0.25) is 0 Å². The zero-order chi connectivity index (χ0) is 14.8. The number of nitrogens with two attached hydrogens (primary N) is 1. The number of anilines is 2. The van der Waals surface area contributed by atoms with Gasteiger partial charge in [0.2, 0.25) is 0 Å². The quantitative estimate of drug-likeness (QED) is 0.750. The lowest BCUT2D eigenvalue weighted by atomic mass is 10.3. The summed E-state index contributed by atoms with van der Waals surface area (Å²) in [4.78, 5) is 2.42. The molecule has 0 aliphatic rings. The minimum atomic E-state index is -3.75. The highest BCUT2D eigenvalue weighted by Crippen LogP contribution is 2.27. The fraction of sp³-hybridized carbons (Fsp3) is 0.167. The van der Waals surface area contributed by atoms with Crippen molar-refractivity contribution in [1.82, 2.24) is 0 Å². The van der Waals surface area contributed by atoms with Crippen LogP contribution < -0.4 is 15.2 Å². The van der Waals surface area contributed by atoms with Crippen molar-refractivity contribution in [3.8, 4) is 0 Å². The molecule has 0 aliphatic carbocycles. The molecule has 108 valence electrons. The van der Waals surface area contributed by atoms with Crippen molar-refractivity contribution < 1.29 is 8.42 Å². The zero-order valence-corrected chi connectivity index (χ0v) is 13.9. The Kier molecular flexibility index (Phi) is 4.69. The van der Waals surface area contributed by atoms with Crippen molar-refractivity contribution in [1.29, 1.82) is 0 Å². The average molecular weight is 376 g/mol. The maximum atomic E-state index is 11.0. The van der Waals surface area contributed by atoms with Crippen LogP contribution >= 0.6 is 27.3 Å². The highest BCUT2D eigenvalue weighted by atomic mass is 79.9. The van der Waals surface area contributed by atoms with Crippen LogP contribution in [0.4, 0.5) is 11.4 Å². The second-order valence-electron chi connectivity index (χ2n) is 4.20. The number of hydrogen-bond acceptors (Lipinski definition) is 4. The molecule has 0 radical (unpaired) electrons. The van der Waals surface area contributed by atoms with E-state index in [2.05, 4.69) is 39.0 Å². The summed E-state index contributed by atoms with van der Waals surface area (Å²) >= 11 is 5.19. The highest BCUT2D eigenvalue weighted by Gasteiger charge is 2.05. The van der Waals surface area contributed by atoms with Crippen LogP contribution in [0.1, 0.15) is 9.75 Å². The van der Waals surface area contributed by atoms with Crippen LogP contribution in [0.5, 0.6) is 0 Å². The number of thiophene rings is 1. The van der Waals surface area contributed by atoms with Gasteiger partial charge in [0.15, 0.2) is 0 Å². The standard InChI is InChI=1S/C12H14BrN3O2S2/c1-8-12(13)6-11(19-8)7-15-9-3-2-4-10(5-9)16-20(14,17)18/h2-6,15-16H,7H2,1H3,(H2,14,17,18). The van der Waals surface area contributed by atoms with Gasteiger partial charge in [0.1, 0.15) is 0 Å². The van der Waals surface area contributed by atoms with Crippen LogP contribution in [0, 0.1) is 6.92 Å². The van der Waals surface area contributed by atoms with Gasteiger partial charge in [-0.15, -0.1) is 11.3 Å². The first-order valence-corrected chi connectivity index (χ1v) is 8.88. The summed E-state index contributed by atoms with van der Waals surface area (Å²) in [5.41, 5.74) is 1.25. The van der Waals surface area contributed by atoms with Crippen LogP contribution in [-0.4, -0.2) is 8.42 Å². The number of aryl methyl sites for hydroxylation is 1. The molecule has 0 saturated carbocycles. The van der Waals surface area contributed by atoms with Gasteiger partial charge in [0.25, 0.3) is 10.2 Å². The molecule has 2 rings (SSSR count). The van der Waals surface area contributed by atoms with Crippen LogP contribution in [0.25, 0.3) is 0 Å². The minimum Gasteiger partial charge on any atom is -0.380 e. The molecule has 0 amide bonds. The molecule has 1 aromatic carbocycles. The summed E-state index contributed by atoms with van der Waals surface area (Å²) in [6.07, 6.45) is 0. The molecule has 0 saturated heterocycles. The monoisotopic (exact) mass is 375 g/mol. The SMILES string of the molecule is Cc1sc(CNc2cccc(NS(N)(=O)=O)c2)cc1Br. The average Bonchev–Trinajstić information content (AvgIpc) is 2.65. The van der Waals surface area contributed by atoms with Gasteiger partial charge in [-0.2, -0.15) is 8.42 Å². The van der Waals surface area contributed by atoms with Gasteiger partial charge in [-0.3, -0.25) is 4.72 Å². The van der Waals surface area contributed by atoms with Gasteiger partial charge in [0, 0.05) is 26.5 Å². The van der Waals surface area contributed by atoms with Gasteiger partial charge in [-0.1, -0.05) is 6.07 Å². The molecular weight excluding hydrogens is 362 g/mol. The Morgan fingerprint density at radius 3 is 2.60 bits per heavy atom. The summed E-state index contributed by atoms with van der Waals surface area (Å²) in [5.74, 6) is 0. The Hall–Kier alpha value is -1.09. The molecule has 2 aromatic rings. The van der Waals surface area contributed by atoms with E-state index in [1.807, 2.05) is 6.07 Å². The first-order chi connectivity index (χ1) is 9.33. The topological polar surface area (TPSA) is 84.2 Å². The maximum absolute atomic E-state index is 11.0. The second-order valence-corrected chi connectivity index (χ2v) is 7.69. The van der Waals surface area contributed by atoms with Crippen molar-refractivity contribution in [2.24, 2.45) is 5.14 Å². The predicted molar refractivity (Wildman–Crippen MR) is 87.3 cm³/mol. The van der Waals surface area contributed by atoms with Crippen molar-refractivity contribution in [3.63, 3.8) is 0 Å². The zero-order valence-electron chi connectivity index (χ0n) is 10.7. The Balaban J connectivity index is 2.04. The Labute approximate surface area is 130 Å². The Morgan fingerprint density at radius 1 is 1.30 bits per heavy atom. The van der Waals surface area contributed by atoms with E-state index < -0.39 is 10.2 Å². The van der Waals surface area contributed by atoms with Crippen molar-refractivity contribution >= 4 is 48.9 Å². The van der Waals surface area contributed by atoms with Crippen molar-refractivity contribution in [3.05, 3.63) is 44.6 Å². The summed E-state index contributed by atoms with van der Waals surface area (Å²) in [6, 6.07) is 9.02. The molecule has 0 fully saturated rings. The number of nitrogens with one attached hydrogen (secondary N) is 2.